The molecule has 2 atom stereocenters. The van der Waals surface area contributed by atoms with E-state index in [9.17, 15) is 4.79 Å². The Morgan fingerprint density at radius 3 is 2.88 bits per heavy atom. The van der Waals surface area contributed by atoms with Gasteiger partial charge < -0.3 is 19.9 Å². The summed E-state index contributed by atoms with van der Waals surface area (Å²) in [5, 5.41) is 0. The number of carbonyl (C=O) groups is 1. The van der Waals surface area contributed by atoms with E-state index in [1.165, 1.54) is 0 Å². The Kier molecular flexibility index (Phi) is 3.31. The van der Waals surface area contributed by atoms with Gasteiger partial charge in [0, 0.05) is 5.56 Å². The highest BCUT2D eigenvalue weighted by molar-refractivity contribution is 5.64. The van der Waals surface area contributed by atoms with Gasteiger partial charge in [-0.15, -0.1) is 0 Å². The highest BCUT2D eigenvalue weighted by Crippen LogP contribution is 2.33. The first kappa shape index (κ1) is 11.9. The van der Waals surface area contributed by atoms with E-state index in [2.05, 4.69) is 4.74 Å². The lowest BCUT2D eigenvalue weighted by Crippen LogP contribution is -2.27. The molecule has 5 heteroatoms. The van der Waals surface area contributed by atoms with E-state index in [1.54, 1.807) is 0 Å². The molecule has 5 nitrogen and oxygen atoms in total. The monoisotopic (exact) mass is 237 g/mol. The predicted molar refractivity (Wildman–Crippen MR) is 60.2 cm³/mol. The van der Waals surface area contributed by atoms with Crippen molar-refractivity contribution in [3.05, 3.63) is 35.9 Å². The van der Waals surface area contributed by atoms with Crippen molar-refractivity contribution in [3.8, 4) is 0 Å². The summed E-state index contributed by atoms with van der Waals surface area (Å²) in [6.45, 7) is 2.32. The molecule has 2 N–H and O–H groups in total. The smallest absolute Gasteiger partial charge is 0.404 e. The molecule has 0 spiro atoms. The Bertz CT molecular complexity index is 395. The molecular weight excluding hydrogens is 222 g/mol. The summed E-state index contributed by atoms with van der Waals surface area (Å²) in [5.41, 5.74) is 5.82. The van der Waals surface area contributed by atoms with Crippen LogP contribution in [0.25, 0.3) is 0 Å². The predicted octanol–water partition coefficient (Wildman–Crippen LogP) is 1.37. The average molecular weight is 237 g/mol. The van der Waals surface area contributed by atoms with Crippen molar-refractivity contribution >= 4 is 6.09 Å². The van der Waals surface area contributed by atoms with E-state index in [-0.39, 0.29) is 12.7 Å². The standard InChI is InChI=1S/C12H15NO4/c1-12(9-5-3-2-4-6-9)16-8-10(17-12)7-15-11(13)14/h2-6,10H,7-8H2,1H3,(H2,13,14). The van der Waals surface area contributed by atoms with E-state index in [0.29, 0.717) is 6.61 Å². The minimum Gasteiger partial charge on any atom is -0.447 e. The van der Waals surface area contributed by atoms with Crippen LogP contribution in [0.15, 0.2) is 30.3 Å². The van der Waals surface area contributed by atoms with E-state index in [0.717, 1.165) is 5.56 Å². The summed E-state index contributed by atoms with van der Waals surface area (Å²) >= 11 is 0. The number of amides is 1. The molecule has 17 heavy (non-hydrogen) atoms. The first-order chi connectivity index (χ1) is 8.10. The lowest BCUT2D eigenvalue weighted by atomic mass is 10.1. The number of benzene rings is 1. The molecule has 1 amide bonds. The van der Waals surface area contributed by atoms with Crippen LogP contribution < -0.4 is 5.73 Å². The molecule has 1 heterocycles. The van der Waals surface area contributed by atoms with Crippen LogP contribution in [-0.4, -0.2) is 25.4 Å². The fourth-order valence-electron chi connectivity index (χ4n) is 1.79. The quantitative estimate of drug-likeness (QED) is 0.861. The molecule has 92 valence electrons. The number of hydrogen-bond acceptors (Lipinski definition) is 4. The van der Waals surface area contributed by atoms with Crippen LogP contribution in [0.1, 0.15) is 12.5 Å². The van der Waals surface area contributed by atoms with Crippen molar-refractivity contribution in [1.82, 2.24) is 0 Å². The molecule has 0 bridgehead atoms. The van der Waals surface area contributed by atoms with Crippen molar-refractivity contribution in [2.24, 2.45) is 5.73 Å². The fraction of sp³-hybridized carbons (Fsp3) is 0.417. The van der Waals surface area contributed by atoms with E-state index in [1.807, 2.05) is 37.3 Å². The summed E-state index contributed by atoms with van der Waals surface area (Å²) in [6.07, 6.45) is -1.09. The largest absolute Gasteiger partial charge is 0.447 e. The molecule has 1 aromatic carbocycles. The van der Waals surface area contributed by atoms with Gasteiger partial charge in [-0.05, 0) is 6.92 Å². The maximum Gasteiger partial charge on any atom is 0.404 e. The van der Waals surface area contributed by atoms with Gasteiger partial charge >= 0.3 is 6.09 Å². The van der Waals surface area contributed by atoms with Gasteiger partial charge in [-0.25, -0.2) is 4.79 Å². The first-order valence-corrected chi connectivity index (χ1v) is 5.40. The zero-order valence-corrected chi connectivity index (χ0v) is 9.59. The van der Waals surface area contributed by atoms with Crippen LogP contribution in [0.2, 0.25) is 0 Å². The topological polar surface area (TPSA) is 70.8 Å². The minimum absolute atomic E-state index is 0.109. The number of ether oxygens (including phenoxy) is 3. The molecule has 1 aromatic rings. The van der Waals surface area contributed by atoms with Crippen LogP contribution >= 0.6 is 0 Å². The van der Waals surface area contributed by atoms with Gasteiger partial charge in [0.2, 0.25) is 0 Å². The Hall–Kier alpha value is -1.59. The van der Waals surface area contributed by atoms with Crippen LogP contribution in [0.3, 0.4) is 0 Å². The molecule has 2 rings (SSSR count). The third-order valence-electron chi connectivity index (χ3n) is 2.65. The van der Waals surface area contributed by atoms with Crippen molar-refractivity contribution in [1.29, 1.82) is 0 Å². The zero-order valence-electron chi connectivity index (χ0n) is 9.59. The first-order valence-electron chi connectivity index (χ1n) is 5.40. The molecule has 1 fully saturated rings. The van der Waals surface area contributed by atoms with Crippen LogP contribution in [0, 0.1) is 0 Å². The maximum atomic E-state index is 10.5. The van der Waals surface area contributed by atoms with Gasteiger partial charge in [0.15, 0.2) is 5.79 Å². The zero-order chi connectivity index (χ0) is 12.3. The lowest BCUT2D eigenvalue weighted by Gasteiger charge is -2.23. The molecule has 1 aliphatic rings. The van der Waals surface area contributed by atoms with Gasteiger partial charge in [-0.1, -0.05) is 30.3 Å². The van der Waals surface area contributed by atoms with E-state index < -0.39 is 11.9 Å². The molecular formula is C12H15NO4. The van der Waals surface area contributed by atoms with Crippen LogP contribution in [0.5, 0.6) is 0 Å². The molecule has 0 aliphatic carbocycles. The third kappa shape index (κ3) is 2.75. The lowest BCUT2D eigenvalue weighted by molar-refractivity contribution is -0.165. The molecule has 0 radical (unpaired) electrons. The Balaban J connectivity index is 1.99. The van der Waals surface area contributed by atoms with Crippen LogP contribution in [0.4, 0.5) is 4.79 Å². The Morgan fingerprint density at radius 2 is 2.24 bits per heavy atom. The Morgan fingerprint density at radius 1 is 1.53 bits per heavy atom. The summed E-state index contributed by atoms with van der Waals surface area (Å²) in [6, 6.07) is 9.62. The summed E-state index contributed by atoms with van der Waals surface area (Å²) in [7, 11) is 0. The minimum atomic E-state index is -0.804. The van der Waals surface area contributed by atoms with Gasteiger partial charge in [-0.2, -0.15) is 0 Å². The molecule has 1 aliphatic heterocycles. The highest BCUT2D eigenvalue weighted by Gasteiger charge is 2.39. The van der Waals surface area contributed by atoms with Gasteiger partial charge in [0.05, 0.1) is 6.61 Å². The van der Waals surface area contributed by atoms with Gasteiger partial charge in [0.25, 0.3) is 0 Å². The second-order valence-electron chi connectivity index (χ2n) is 3.99. The number of nitrogens with two attached hydrogens (primary N) is 1. The summed E-state index contributed by atoms with van der Waals surface area (Å²) in [4.78, 5) is 10.5. The van der Waals surface area contributed by atoms with Gasteiger partial charge in [-0.3, -0.25) is 0 Å². The van der Waals surface area contributed by atoms with Crippen molar-refractivity contribution in [3.63, 3.8) is 0 Å². The average Bonchev–Trinajstić information content (AvgIpc) is 2.71. The van der Waals surface area contributed by atoms with E-state index >= 15 is 0 Å². The van der Waals surface area contributed by atoms with Crippen molar-refractivity contribution in [2.45, 2.75) is 18.8 Å². The van der Waals surface area contributed by atoms with Gasteiger partial charge in [0.1, 0.15) is 12.7 Å². The summed E-state index contributed by atoms with van der Waals surface area (Å²) in [5.74, 6) is -0.785. The summed E-state index contributed by atoms with van der Waals surface area (Å²) < 4.78 is 16.0. The SMILES string of the molecule is CC1(c2ccccc2)OCC(COC(N)=O)O1. The number of carbonyl (C=O) groups excluding carboxylic acids is 1. The normalized spacial score (nSPS) is 27.9. The van der Waals surface area contributed by atoms with E-state index in [4.69, 9.17) is 15.2 Å². The fourth-order valence-corrected chi connectivity index (χ4v) is 1.79. The second-order valence-corrected chi connectivity index (χ2v) is 3.99. The van der Waals surface area contributed by atoms with Crippen molar-refractivity contribution < 1.29 is 19.0 Å². The number of hydrogen-bond donors (Lipinski definition) is 1. The highest BCUT2D eigenvalue weighted by atomic mass is 16.8. The molecule has 0 saturated carbocycles. The number of primary amides is 1. The Labute approximate surface area is 99.5 Å². The number of rotatable bonds is 3. The molecule has 0 aromatic heterocycles. The second kappa shape index (κ2) is 4.73. The van der Waals surface area contributed by atoms with Crippen molar-refractivity contribution in [2.75, 3.05) is 13.2 Å². The maximum absolute atomic E-state index is 10.5. The molecule has 1 saturated heterocycles. The molecule has 2 unspecified atom stereocenters. The third-order valence-corrected chi connectivity index (χ3v) is 2.65. The van der Waals surface area contributed by atoms with Crippen LogP contribution in [-0.2, 0) is 20.0 Å².